The Kier molecular flexibility index (Phi) is 2.57. The van der Waals surface area contributed by atoms with Gasteiger partial charge in [0.1, 0.15) is 11.5 Å². The fraction of sp³-hybridized carbons (Fsp3) is 0.500. The van der Waals surface area contributed by atoms with Crippen LogP contribution in [0.2, 0.25) is 0 Å². The Morgan fingerprint density at radius 3 is 2.40 bits per heavy atom. The lowest BCUT2D eigenvalue weighted by molar-refractivity contribution is -0.0404. The van der Waals surface area contributed by atoms with Gasteiger partial charge in [-0.1, -0.05) is 0 Å². The van der Waals surface area contributed by atoms with Crippen molar-refractivity contribution in [3.63, 3.8) is 0 Å². The van der Waals surface area contributed by atoms with Gasteiger partial charge in [-0.2, -0.15) is 0 Å². The highest BCUT2D eigenvalue weighted by Crippen LogP contribution is 2.45. The maximum atomic E-state index is 10.2. The van der Waals surface area contributed by atoms with E-state index in [1.165, 1.54) is 0 Å². The monoisotopic (exact) mass is 208 g/mol. The number of methoxy groups -OCH3 is 2. The molecule has 0 amide bonds. The van der Waals surface area contributed by atoms with Gasteiger partial charge in [-0.3, -0.25) is 0 Å². The number of benzene rings is 1. The van der Waals surface area contributed by atoms with Crippen molar-refractivity contribution in [1.82, 2.24) is 0 Å². The molecule has 1 fully saturated rings. The smallest absolute Gasteiger partial charge is 0.128 e. The number of aliphatic hydroxyl groups is 1. The molecule has 0 radical (unpaired) electrons. The lowest BCUT2D eigenvalue weighted by Gasteiger charge is -2.37. The summed E-state index contributed by atoms with van der Waals surface area (Å²) >= 11 is 0. The molecule has 0 heterocycles. The van der Waals surface area contributed by atoms with Crippen LogP contribution in [0.1, 0.15) is 24.8 Å². The molecular formula is C12H16O3. The van der Waals surface area contributed by atoms with Crippen molar-refractivity contribution in [2.75, 3.05) is 14.2 Å². The van der Waals surface area contributed by atoms with Crippen molar-refractivity contribution in [3.05, 3.63) is 23.8 Å². The molecule has 0 bridgehead atoms. The van der Waals surface area contributed by atoms with Crippen molar-refractivity contribution < 1.29 is 14.6 Å². The van der Waals surface area contributed by atoms with Gasteiger partial charge in [-0.05, 0) is 31.4 Å². The zero-order valence-electron chi connectivity index (χ0n) is 9.12. The van der Waals surface area contributed by atoms with Crippen LogP contribution in [-0.2, 0) is 5.60 Å². The zero-order valence-corrected chi connectivity index (χ0v) is 9.12. The van der Waals surface area contributed by atoms with E-state index in [1.807, 2.05) is 18.2 Å². The molecule has 0 aromatic heterocycles. The second-order valence-electron chi connectivity index (χ2n) is 3.95. The molecule has 1 N–H and O–H groups in total. The van der Waals surface area contributed by atoms with Crippen molar-refractivity contribution >= 4 is 0 Å². The van der Waals surface area contributed by atoms with E-state index in [4.69, 9.17) is 9.47 Å². The summed E-state index contributed by atoms with van der Waals surface area (Å²) in [6.45, 7) is 0. The van der Waals surface area contributed by atoms with E-state index < -0.39 is 5.60 Å². The molecule has 0 unspecified atom stereocenters. The minimum absolute atomic E-state index is 0.683. The number of ether oxygens (including phenoxy) is 2. The second-order valence-corrected chi connectivity index (χ2v) is 3.95. The van der Waals surface area contributed by atoms with Crippen molar-refractivity contribution in [1.29, 1.82) is 0 Å². The van der Waals surface area contributed by atoms with Crippen molar-refractivity contribution in [2.24, 2.45) is 0 Å². The predicted molar refractivity (Wildman–Crippen MR) is 57.3 cm³/mol. The Morgan fingerprint density at radius 1 is 1.20 bits per heavy atom. The topological polar surface area (TPSA) is 38.7 Å². The molecule has 1 aromatic carbocycles. The summed E-state index contributed by atoms with van der Waals surface area (Å²) in [5.74, 6) is 1.45. The molecule has 15 heavy (non-hydrogen) atoms. The number of hydrogen-bond donors (Lipinski definition) is 1. The largest absolute Gasteiger partial charge is 0.497 e. The van der Waals surface area contributed by atoms with E-state index in [0.717, 1.165) is 30.6 Å². The molecular weight excluding hydrogens is 192 g/mol. The molecule has 1 aliphatic carbocycles. The maximum absolute atomic E-state index is 10.2. The van der Waals surface area contributed by atoms with Crippen LogP contribution < -0.4 is 9.47 Å². The van der Waals surface area contributed by atoms with Gasteiger partial charge >= 0.3 is 0 Å². The van der Waals surface area contributed by atoms with E-state index in [0.29, 0.717) is 5.75 Å². The summed E-state index contributed by atoms with van der Waals surface area (Å²) in [4.78, 5) is 0. The molecule has 1 saturated carbocycles. The minimum atomic E-state index is -0.683. The van der Waals surface area contributed by atoms with Crippen LogP contribution in [0.3, 0.4) is 0 Å². The maximum Gasteiger partial charge on any atom is 0.128 e. The highest BCUT2D eigenvalue weighted by atomic mass is 16.5. The molecule has 0 aliphatic heterocycles. The molecule has 0 saturated heterocycles. The quantitative estimate of drug-likeness (QED) is 0.826. The van der Waals surface area contributed by atoms with Crippen LogP contribution >= 0.6 is 0 Å². The van der Waals surface area contributed by atoms with Crippen LogP contribution in [0, 0.1) is 0 Å². The number of hydrogen-bond acceptors (Lipinski definition) is 3. The SMILES string of the molecule is COc1ccc(C2(O)CCC2)c(OC)c1. The first-order chi connectivity index (χ1) is 7.19. The van der Waals surface area contributed by atoms with E-state index in [2.05, 4.69) is 0 Å². The first-order valence-electron chi connectivity index (χ1n) is 5.14. The van der Waals surface area contributed by atoms with Crippen LogP contribution in [0.15, 0.2) is 18.2 Å². The standard InChI is InChI=1S/C12H16O3/c1-14-9-4-5-10(11(8-9)15-2)12(13)6-3-7-12/h4-5,8,13H,3,6-7H2,1-2H3. The fourth-order valence-corrected chi connectivity index (χ4v) is 1.96. The van der Waals surface area contributed by atoms with Gasteiger partial charge in [0.05, 0.1) is 19.8 Å². The average Bonchev–Trinajstić information content (AvgIpc) is 2.25. The lowest BCUT2D eigenvalue weighted by atomic mass is 9.75. The van der Waals surface area contributed by atoms with Crippen LogP contribution in [0.4, 0.5) is 0 Å². The second kappa shape index (κ2) is 3.74. The minimum Gasteiger partial charge on any atom is -0.497 e. The molecule has 0 atom stereocenters. The van der Waals surface area contributed by atoms with Crippen molar-refractivity contribution in [2.45, 2.75) is 24.9 Å². The summed E-state index contributed by atoms with van der Waals surface area (Å²) in [7, 11) is 3.23. The van der Waals surface area contributed by atoms with Gasteiger partial charge in [0, 0.05) is 11.6 Å². The summed E-state index contributed by atoms with van der Waals surface area (Å²) in [6.07, 6.45) is 2.71. The Balaban J connectivity index is 2.38. The van der Waals surface area contributed by atoms with Gasteiger partial charge < -0.3 is 14.6 Å². The Bertz CT molecular complexity index is 356. The summed E-state index contributed by atoms with van der Waals surface area (Å²) in [5, 5.41) is 10.2. The molecule has 82 valence electrons. The Morgan fingerprint density at radius 2 is 1.93 bits per heavy atom. The van der Waals surface area contributed by atoms with Crippen LogP contribution in [0.5, 0.6) is 11.5 Å². The third kappa shape index (κ3) is 1.67. The van der Waals surface area contributed by atoms with Crippen LogP contribution in [0.25, 0.3) is 0 Å². The molecule has 3 heteroatoms. The fourth-order valence-electron chi connectivity index (χ4n) is 1.96. The van der Waals surface area contributed by atoms with E-state index in [9.17, 15) is 5.11 Å². The lowest BCUT2D eigenvalue weighted by Crippen LogP contribution is -2.33. The molecule has 3 nitrogen and oxygen atoms in total. The summed E-state index contributed by atoms with van der Waals surface area (Å²) < 4.78 is 10.4. The van der Waals surface area contributed by atoms with Gasteiger partial charge in [-0.25, -0.2) is 0 Å². The van der Waals surface area contributed by atoms with Gasteiger partial charge in [0.25, 0.3) is 0 Å². The molecule has 0 spiro atoms. The number of rotatable bonds is 3. The predicted octanol–water partition coefficient (Wildman–Crippen LogP) is 2.08. The average molecular weight is 208 g/mol. The third-order valence-corrected chi connectivity index (χ3v) is 3.09. The highest BCUT2D eigenvalue weighted by Gasteiger charge is 2.38. The normalized spacial score (nSPS) is 18.1. The molecule has 1 aromatic rings. The first-order valence-corrected chi connectivity index (χ1v) is 5.14. The van der Waals surface area contributed by atoms with Crippen LogP contribution in [-0.4, -0.2) is 19.3 Å². The van der Waals surface area contributed by atoms with E-state index >= 15 is 0 Å². The first kappa shape index (κ1) is 10.3. The van der Waals surface area contributed by atoms with Gasteiger partial charge in [0.2, 0.25) is 0 Å². The molecule has 2 rings (SSSR count). The Hall–Kier alpha value is -1.22. The Labute approximate surface area is 89.6 Å². The zero-order chi connectivity index (χ0) is 10.9. The highest BCUT2D eigenvalue weighted by molar-refractivity contribution is 5.44. The van der Waals surface area contributed by atoms with Gasteiger partial charge in [-0.15, -0.1) is 0 Å². The van der Waals surface area contributed by atoms with E-state index in [1.54, 1.807) is 14.2 Å². The summed E-state index contributed by atoms with van der Waals surface area (Å²) in [5.41, 5.74) is 0.189. The van der Waals surface area contributed by atoms with E-state index in [-0.39, 0.29) is 0 Å². The van der Waals surface area contributed by atoms with Crippen molar-refractivity contribution in [3.8, 4) is 11.5 Å². The van der Waals surface area contributed by atoms with Gasteiger partial charge in [0.15, 0.2) is 0 Å². The summed E-state index contributed by atoms with van der Waals surface area (Å²) in [6, 6.07) is 5.55. The third-order valence-electron chi connectivity index (χ3n) is 3.09. The molecule has 1 aliphatic rings.